The maximum atomic E-state index is 4.78. The molecule has 0 saturated carbocycles. The Morgan fingerprint density at radius 2 is 2.35 bits per heavy atom. The summed E-state index contributed by atoms with van der Waals surface area (Å²) in [4.78, 5) is 8.53. The molecule has 0 bridgehead atoms. The Morgan fingerprint density at radius 3 is 3.00 bits per heavy atom. The van der Waals surface area contributed by atoms with Crippen LogP contribution in [0.15, 0.2) is 22.5 Å². The summed E-state index contributed by atoms with van der Waals surface area (Å²) >= 11 is 3.87. The van der Waals surface area contributed by atoms with Gasteiger partial charge in [0.25, 0.3) is 0 Å². The summed E-state index contributed by atoms with van der Waals surface area (Å²) in [5, 5.41) is 6.29. The van der Waals surface area contributed by atoms with Gasteiger partial charge in [-0.3, -0.25) is 0 Å². The number of thioether (sulfide) groups is 1. The van der Waals surface area contributed by atoms with Crippen LogP contribution < -0.4 is 5.32 Å². The highest BCUT2D eigenvalue weighted by atomic mass is 127. The van der Waals surface area contributed by atoms with E-state index < -0.39 is 0 Å². The molecular weight excluding hydrogens is 401 g/mol. The standard InChI is InChI=1S/C14H23N3S2.HI/c1-3-12-11-17(7-9-19-12)14(15-4-2)16-10-13-6-5-8-18-13;/h5-6,8,12H,3-4,7,9-11H2,1-2H3,(H,15,16);1H. The molecule has 0 radical (unpaired) electrons. The molecule has 1 unspecified atom stereocenters. The van der Waals surface area contributed by atoms with Crippen LogP contribution in [0.1, 0.15) is 25.1 Å². The molecule has 0 aromatic carbocycles. The fourth-order valence-corrected chi connectivity index (χ4v) is 3.95. The van der Waals surface area contributed by atoms with E-state index in [9.17, 15) is 0 Å². The first-order chi connectivity index (χ1) is 9.33. The van der Waals surface area contributed by atoms with Crippen molar-refractivity contribution < 1.29 is 0 Å². The van der Waals surface area contributed by atoms with Crippen molar-refractivity contribution in [2.45, 2.75) is 32.1 Å². The Hall–Kier alpha value is 0.0500. The Morgan fingerprint density at radius 1 is 1.50 bits per heavy atom. The number of rotatable bonds is 4. The van der Waals surface area contributed by atoms with Crippen molar-refractivity contribution in [2.24, 2.45) is 4.99 Å². The Kier molecular flexibility index (Phi) is 8.95. The fourth-order valence-electron chi connectivity index (χ4n) is 2.14. The molecule has 1 aliphatic heterocycles. The van der Waals surface area contributed by atoms with Gasteiger partial charge in [-0.15, -0.1) is 35.3 Å². The van der Waals surface area contributed by atoms with E-state index in [1.165, 1.54) is 17.1 Å². The van der Waals surface area contributed by atoms with Crippen LogP contribution in [0.5, 0.6) is 0 Å². The molecule has 1 aliphatic rings. The van der Waals surface area contributed by atoms with Gasteiger partial charge >= 0.3 is 0 Å². The molecule has 1 atom stereocenters. The van der Waals surface area contributed by atoms with Crippen LogP contribution in [0.4, 0.5) is 0 Å². The number of nitrogens with one attached hydrogen (secondary N) is 1. The smallest absolute Gasteiger partial charge is 0.194 e. The van der Waals surface area contributed by atoms with E-state index in [0.717, 1.165) is 37.4 Å². The highest BCUT2D eigenvalue weighted by molar-refractivity contribution is 14.0. The Bertz CT molecular complexity index is 395. The molecule has 1 fully saturated rings. The first-order valence-corrected chi connectivity index (χ1v) is 8.93. The molecule has 1 N–H and O–H groups in total. The third kappa shape index (κ3) is 5.44. The predicted molar refractivity (Wildman–Crippen MR) is 103 cm³/mol. The second-order valence-electron chi connectivity index (χ2n) is 4.60. The number of thiophene rings is 1. The van der Waals surface area contributed by atoms with Crippen molar-refractivity contribution in [3.63, 3.8) is 0 Å². The largest absolute Gasteiger partial charge is 0.357 e. The van der Waals surface area contributed by atoms with Crippen LogP contribution in [0, 0.1) is 0 Å². The van der Waals surface area contributed by atoms with Gasteiger partial charge in [-0.1, -0.05) is 13.0 Å². The minimum Gasteiger partial charge on any atom is -0.357 e. The molecule has 20 heavy (non-hydrogen) atoms. The zero-order valence-corrected chi connectivity index (χ0v) is 16.1. The summed E-state index contributed by atoms with van der Waals surface area (Å²) in [6, 6.07) is 4.24. The highest BCUT2D eigenvalue weighted by Gasteiger charge is 2.21. The van der Waals surface area contributed by atoms with Crippen molar-refractivity contribution in [2.75, 3.05) is 25.4 Å². The zero-order valence-electron chi connectivity index (χ0n) is 12.2. The summed E-state index contributed by atoms with van der Waals surface area (Å²) in [5.41, 5.74) is 0. The van der Waals surface area contributed by atoms with Gasteiger partial charge in [-0.05, 0) is 24.8 Å². The Labute approximate surface area is 147 Å². The molecule has 114 valence electrons. The fraction of sp³-hybridized carbons (Fsp3) is 0.643. The molecule has 6 heteroatoms. The van der Waals surface area contributed by atoms with Gasteiger partial charge in [-0.25, -0.2) is 4.99 Å². The number of aliphatic imine (C=N–C) groups is 1. The lowest BCUT2D eigenvalue weighted by Crippen LogP contribution is -2.47. The van der Waals surface area contributed by atoms with Crippen molar-refractivity contribution in [3.8, 4) is 0 Å². The monoisotopic (exact) mass is 425 g/mol. The second kappa shape index (κ2) is 9.89. The molecule has 1 saturated heterocycles. The van der Waals surface area contributed by atoms with E-state index in [0.29, 0.717) is 0 Å². The number of nitrogens with zero attached hydrogens (tertiary/aromatic N) is 2. The van der Waals surface area contributed by atoms with Crippen molar-refractivity contribution in [3.05, 3.63) is 22.4 Å². The van der Waals surface area contributed by atoms with Crippen LogP contribution in [0.25, 0.3) is 0 Å². The summed E-state index contributed by atoms with van der Waals surface area (Å²) < 4.78 is 0. The lowest BCUT2D eigenvalue weighted by molar-refractivity contribution is 0.408. The van der Waals surface area contributed by atoms with Crippen molar-refractivity contribution >= 4 is 53.0 Å². The highest BCUT2D eigenvalue weighted by Crippen LogP contribution is 2.21. The van der Waals surface area contributed by atoms with Gasteiger partial charge < -0.3 is 10.2 Å². The normalized spacial score (nSPS) is 19.6. The van der Waals surface area contributed by atoms with Crippen LogP contribution in [-0.2, 0) is 6.54 Å². The zero-order chi connectivity index (χ0) is 13.5. The molecular formula is C14H24IN3S2. The number of halogens is 1. The summed E-state index contributed by atoms with van der Waals surface area (Å²) in [6.07, 6.45) is 1.24. The van der Waals surface area contributed by atoms with Crippen molar-refractivity contribution in [1.29, 1.82) is 0 Å². The third-order valence-electron chi connectivity index (χ3n) is 3.19. The van der Waals surface area contributed by atoms with Gasteiger partial charge in [0.1, 0.15) is 0 Å². The molecule has 0 amide bonds. The number of guanidine groups is 1. The van der Waals surface area contributed by atoms with Gasteiger partial charge in [0.15, 0.2) is 5.96 Å². The third-order valence-corrected chi connectivity index (χ3v) is 5.43. The van der Waals surface area contributed by atoms with Gasteiger partial charge in [-0.2, -0.15) is 11.8 Å². The molecule has 0 spiro atoms. The van der Waals surface area contributed by atoms with E-state index in [4.69, 9.17) is 4.99 Å². The maximum absolute atomic E-state index is 4.78. The molecule has 0 aliphatic carbocycles. The maximum Gasteiger partial charge on any atom is 0.194 e. The van der Waals surface area contributed by atoms with Gasteiger partial charge in [0.05, 0.1) is 6.54 Å². The molecule has 2 rings (SSSR count). The van der Waals surface area contributed by atoms with E-state index in [1.807, 2.05) is 0 Å². The summed E-state index contributed by atoms with van der Waals surface area (Å²) in [6.45, 7) is 8.37. The van der Waals surface area contributed by atoms with Crippen LogP contribution in [-0.4, -0.2) is 41.5 Å². The van der Waals surface area contributed by atoms with Crippen LogP contribution in [0.2, 0.25) is 0 Å². The van der Waals surface area contributed by atoms with E-state index in [1.54, 1.807) is 11.3 Å². The van der Waals surface area contributed by atoms with Crippen LogP contribution >= 0.6 is 47.1 Å². The Balaban J connectivity index is 0.00000200. The number of hydrogen-bond donors (Lipinski definition) is 1. The minimum atomic E-state index is 0. The topological polar surface area (TPSA) is 27.6 Å². The lowest BCUT2D eigenvalue weighted by atomic mass is 10.3. The summed E-state index contributed by atoms with van der Waals surface area (Å²) in [7, 11) is 0. The first kappa shape index (κ1) is 18.1. The van der Waals surface area contributed by atoms with Gasteiger partial charge in [0, 0.05) is 35.5 Å². The predicted octanol–water partition coefficient (Wildman–Crippen LogP) is 3.66. The number of hydrogen-bond acceptors (Lipinski definition) is 3. The summed E-state index contributed by atoms with van der Waals surface area (Å²) in [5.74, 6) is 2.29. The molecule has 1 aromatic rings. The first-order valence-electron chi connectivity index (χ1n) is 7.00. The van der Waals surface area contributed by atoms with Crippen LogP contribution in [0.3, 0.4) is 0 Å². The molecule has 3 nitrogen and oxygen atoms in total. The van der Waals surface area contributed by atoms with Gasteiger partial charge in [0.2, 0.25) is 0 Å². The van der Waals surface area contributed by atoms with E-state index >= 15 is 0 Å². The van der Waals surface area contributed by atoms with E-state index in [2.05, 4.69) is 53.3 Å². The van der Waals surface area contributed by atoms with Crippen molar-refractivity contribution in [1.82, 2.24) is 10.2 Å². The minimum absolute atomic E-state index is 0. The van der Waals surface area contributed by atoms with E-state index in [-0.39, 0.29) is 24.0 Å². The second-order valence-corrected chi connectivity index (χ2v) is 7.04. The quantitative estimate of drug-likeness (QED) is 0.453. The molecule has 2 heterocycles. The average Bonchev–Trinajstić information content (AvgIpc) is 2.97. The lowest BCUT2D eigenvalue weighted by Gasteiger charge is -2.34. The average molecular weight is 425 g/mol. The molecule has 1 aromatic heterocycles. The SMILES string of the molecule is CCNC(=NCc1cccs1)N1CCSC(CC)C1.I.